The molecular formula is C8H8BrN5. The molecule has 6 heteroatoms. The van der Waals surface area contributed by atoms with Crippen molar-refractivity contribution in [1.82, 2.24) is 20.0 Å². The average molecular weight is 254 g/mol. The Hall–Kier alpha value is -1.43. The number of halogens is 1. The topological polar surface area (TPSA) is 69.6 Å². The lowest BCUT2D eigenvalue weighted by Crippen LogP contribution is -1.95. The average Bonchev–Trinajstić information content (AvgIpc) is 2.46. The van der Waals surface area contributed by atoms with Crippen LogP contribution in [-0.2, 0) is 7.05 Å². The van der Waals surface area contributed by atoms with Crippen LogP contribution in [-0.4, -0.2) is 20.0 Å². The van der Waals surface area contributed by atoms with Crippen molar-refractivity contribution in [2.24, 2.45) is 7.05 Å². The van der Waals surface area contributed by atoms with Gasteiger partial charge in [-0.3, -0.25) is 4.98 Å². The van der Waals surface area contributed by atoms with E-state index in [-0.39, 0.29) is 0 Å². The summed E-state index contributed by atoms with van der Waals surface area (Å²) < 4.78 is 2.35. The van der Waals surface area contributed by atoms with E-state index in [0.29, 0.717) is 10.3 Å². The smallest absolute Gasteiger partial charge is 0.156 e. The maximum absolute atomic E-state index is 5.64. The predicted octanol–water partition coefficient (Wildman–Crippen LogP) is 1.22. The molecule has 0 atom stereocenters. The first-order valence-corrected chi connectivity index (χ1v) is 4.74. The fraction of sp³-hybridized carbons (Fsp3) is 0.125. The van der Waals surface area contributed by atoms with Gasteiger partial charge < -0.3 is 5.73 Å². The highest BCUT2D eigenvalue weighted by atomic mass is 79.9. The molecule has 2 rings (SSSR count). The van der Waals surface area contributed by atoms with Gasteiger partial charge in [0.05, 0.1) is 5.69 Å². The molecule has 2 aromatic heterocycles. The molecule has 0 aromatic carbocycles. The van der Waals surface area contributed by atoms with E-state index in [1.807, 2.05) is 13.1 Å². The van der Waals surface area contributed by atoms with Gasteiger partial charge in [0, 0.05) is 25.0 Å². The number of nitrogens with two attached hydrogens (primary N) is 1. The highest BCUT2D eigenvalue weighted by Crippen LogP contribution is 2.25. The Bertz CT molecular complexity index is 445. The number of anilines is 1. The van der Waals surface area contributed by atoms with E-state index < -0.39 is 0 Å². The van der Waals surface area contributed by atoms with Crippen LogP contribution in [0.5, 0.6) is 0 Å². The summed E-state index contributed by atoms with van der Waals surface area (Å²) in [6.45, 7) is 0. The lowest BCUT2D eigenvalue weighted by Gasteiger charge is -2.01. The van der Waals surface area contributed by atoms with Gasteiger partial charge in [-0.2, -0.15) is 0 Å². The summed E-state index contributed by atoms with van der Waals surface area (Å²) in [5.41, 5.74) is 8.02. The number of nitrogen functional groups attached to an aromatic ring is 1. The fourth-order valence-electron chi connectivity index (χ4n) is 1.23. The summed E-state index contributed by atoms with van der Waals surface area (Å²) >= 11 is 3.32. The van der Waals surface area contributed by atoms with E-state index in [2.05, 4.69) is 31.2 Å². The van der Waals surface area contributed by atoms with Gasteiger partial charge in [0.15, 0.2) is 4.60 Å². The van der Waals surface area contributed by atoms with Crippen molar-refractivity contribution < 1.29 is 0 Å². The molecule has 0 saturated carbocycles. The standard InChI is InChI=1S/C8H8BrN5/c1-14-7(8(9)12-13-14)5-2-6(10)4-11-3-5/h2-4H,10H2,1H3. The summed E-state index contributed by atoms with van der Waals surface area (Å²) in [6, 6.07) is 1.83. The van der Waals surface area contributed by atoms with Gasteiger partial charge in [0.25, 0.3) is 0 Å². The van der Waals surface area contributed by atoms with Crippen LogP contribution in [0, 0.1) is 0 Å². The van der Waals surface area contributed by atoms with Crippen LogP contribution < -0.4 is 5.73 Å². The molecule has 72 valence electrons. The molecular weight excluding hydrogens is 246 g/mol. The number of hydrogen-bond donors (Lipinski definition) is 1. The first-order chi connectivity index (χ1) is 6.68. The molecule has 0 radical (unpaired) electrons. The summed E-state index contributed by atoms with van der Waals surface area (Å²) in [6.07, 6.45) is 3.32. The molecule has 0 spiro atoms. The summed E-state index contributed by atoms with van der Waals surface area (Å²) in [5.74, 6) is 0. The Balaban J connectivity index is 2.59. The van der Waals surface area contributed by atoms with E-state index in [9.17, 15) is 0 Å². The molecule has 5 nitrogen and oxygen atoms in total. The molecule has 0 amide bonds. The monoisotopic (exact) mass is 253 g/mol. The first-order valence-electron chi connectivity index (χ1n) is 3.94. The minimum atomic E-state index is 0.621. The summed E-state index contributed by atoms with van der Waals surface area (Å²) in [5, 5.41) is 7.76. The Morgan fingerprint density at radius 2 is 2.21 bits per heavy atom. The highest BCUT2D eigenvalue weighted by molar-refractivity contribution is 9.10. The molecule has 2 N–H and O–H groups in total. The van der Waals surface area contributed by atoms with Gasteiger partial charge in [-0.1, -0.05) is 5.21 Å². The quantitative estimate of drug-likeness (QED) is 0.830. The number of aryl methyl sites for hydroxylation is 1. The van der Waals surface area contributed by atoms with Crippen molar-refractivity contribution in [3.05, 3.63) is 23.1 Å². The molecule has 0 aliphatic carbocycles. The normalized spacial score (nSPS) is 10.4. The van der Waals surface area contributed by atoms with E-state index in [1.54, 1.807) is 17.1 Å². The third-order valence-electron chi connectivity index (χ3n) is 1.82. The van der Waals surface area contributed by atoms with E-state index in [1.165, 1.54) is 0 Å². The maximum Gasteiger partial charge on any atom is 0.156 e. The van der Waals surface area contributed by atoms with Crippen LogP contribution in [0.3, 0.4) is 0 Å². The summed E-state index contributed by atoms with van der Waals surface area (Å²) in [4.78, 5) is 4.01. The Morgan fingerprint density at radius 3 is 2.79 bits per heavy atom. The summed E-state index contributed by atoms with van der Waals surface area (Å²) in [7, 11) is 1.82. The molecule has 14 heavy (non-hydrogen) atoms. The second kappa shape index (κ2) is 3.38. The van der Waals surface area contributed by atoms with Crippen LogP contribution in [0.15, 0.2) is 23.1 Å². The number of rotatable bonds is 1. The van der Waals surface area contributed by atoms with Crippen molar-refractivity contribution in [3.63, 3.8) is 0 Å². The second-order valence-electron chi connectivity index (χ2n) is 2.86. The van der Waals surface area contributed by atoms with Crippen molar-refractivity contribution in [2.45, 2.75) is 0 Å². The molecule has 0 aliphatic heterocycles. The van der Waals surface area contributed by atoms with Crippen LogP contribution in [0.2, 0.25) is 0 Å². The minimum absolute atomic E-state index is 0.621. The Labute approximate surface area is 89.1 Å². The second-order valence-corrected chi connectivity index (χ2v) is 3.61. The molecule has 0 fully saturated rings. The Kier molecular flexibility index (Phi) is 2.20. The van der Waals surface area contributed by atoms with E-state index in [4.69, 9.17) is 5.73 Å². The van der Waals surface area contributed by atoms with Gasteiger partial charge >= 0.3 is 0 Å². The first kappa shape index (κ1) is 9.14. The van der Waals surface area contributed by atoms with Gasteiger partial charge in [-0.25, -0.2) is 4.68 Å². The van der Waals surface area contributed by atoms with Gasteiger partial charge in [0.1, 0.15) is 5.69 Å². The fourth-order valence-corrected chi connectivity index (χ4v) is 1.78. The number of nitrogens with zero attached hydrogens (tertiary/aromatic N) is 4. The van der Waals surface area contributed by atoms with Crippen LogP contribution >= 0.6 is 15.9 Å². The lowest BCUT2D eigenvalue weighted by molar-refractivity contribution is 0.720. The Morgan fingerprint density at radius 1 is 1.43 bits per heavy atom. The zero-order chi connectivity index (χ0) is 10.1. The lowest BCUT2D eigenvalue weighted by atomic mass is 10.2. The SMILES string of the molecule is Cn1nnc(Br)c1-c1cncc(N)c1. The highest BCUT2D eigenvalue weighted by Gasteiger charge is 2.10. The third-order valence-corrected chi connectivity index (χ3v) is 2.35. The van der Waals surface area contributed by atoms with Crippen LogP contribution in [0.1, 0.15) is 0 Å². The van der Waals surface area contributed by atoms with Crippen molar-refractivity contribution in [2.75, 3.05) is 5.73 Å². The predicted molar refractivity (Wildman–Crippen MR) is 56.3 cm³/mol. The number of pyridine rings is 1. The largest absolute Gasteiger partial charge is 0.397 e. The molecule has 2 heterocycles. The van der Waals surface area contributed by atoms with Crippen LogP contribution in [0.25, 0.3) is 11.3 Å². The van der Waals surface area contributed by atoms with Crippen molar-refractivity contribution in [3.8, 4) is 11.3 Å². The molecule has 0 unspecified atom stereocenters. The van der Waals surface area contributed by atoms with Crippen molar-refractivity contribution in [1.29, 1.82) is 0 Å². The molecule has 0 bridgehead atoms. The van der Waals surface area contributed by atoms with Gasteiger partial charge in [-0.15, -0.1) is 5.10 Å². The molecule has 2 aromatic rings. The van der Waals surface area contributed by atoms with Crippen LogP contribution in [0.4, 0.5) is 5.69 Å². The number of aromatic nitrogens is 4. The van der Waals surface area contributed by atoms with E-state index in [0.717, 1.165) is 11.3 Å². The molecule has 0 saturated heterocycles. The third kappa shape index (κ3) is 1.48. The maximum atomic E-state index is 5.64. The number of hydrogen-bond acceptors (Lipinski definition) is 4. The molecule has 0 aliphatic rings. The van der Waals surface area contributed by atoms with Crippen molar-refractivity contribution >= 4 is 21.6 Å². The minimum Gasteiger partial charge on any atom is -0.397 e. The zero-order valence-corrected chi connectivity index (χ0v) is 9.06. The van der Waals surface area contributed by atoms with Gasteiger partial charge in [-0.05, 0) is 22.0 Å². The van der Waals surface area contributed by atoms with E-state index >= 15 is 0 Å². The van der Waals surface area contributed by atoms with Gasteiger partial charge in [0.2, 0.25) is 0 Å². The zero-order valence-electron chi connectivity index (χ0n) is 7.48.